The van der Waals surface area contributed by atoms with Crippen molar-refractivity contribution in [1.82, 2.24) is 4.57 Å². The molecule has 3 aromatic rings. The quantitative estimate of drug-likeness (QED) is 0.168. The minimum absolute atomic E-state index is 0.00664. The minimum Gasteiger partial charge on any atom is -0.496 e. The predicted octanol–water partition coefficient (Wildman–Crippen LogP) is 7.24. The van der Waals surface area contributed by atoms with Crippen LogP contribution in [-0.2, 0) is 20.3 Å². The SMILES string of the molecule is COC(=O)c1cn([C@H](CO[Si](C)(C)C(C)(C)C)C(C)C)c2cc(OC)c(Cc3cc(N4CCOCC4)cc(Cl)c3F)cc2c1=O. The molecule has 246 valence electrons. The number of ether oxygens (including phenoxy) is 3. The fraction of sp³-hybridized carbons (Fsp3) is 0.529. The highest BCUT2D eigenvalue weighted by atomic mass is 35.5. The fourth-order valence-corrected chi connectivity index (χ4v) is 6.61. The minimum atomic E-state index is -2.11. The second kappa shape index (κ2) is 13.8. The Bertz CT molecular complexity index is 1610. The van der Waals surface area contributed by atoms with Gasteiger partial charge in [-0.15, -0.1) is 0 Å². The zero-order chi connectivity index (χ0) is 33.3. The Balaban J connectivity index is 1.88. The Hall–Kier alpha value is -2.92. The Morgan fingerprint density at radius 3 is 2.33 bits per heavy atom. The molecule has 1 aliphatic heterocycles. The van der Waals surface area contributed by atoms with E-state index in [0.29, 0.717) is 60.7 Å². The predicted molar refractivity (Wildman–Crippen MR) is 180 cm³/mol. The van der Waals surface area contributed by atoms with Gasteiger partial charge in [0.05, 0.1) is 50.6 Å². The van der Waals surface area contributed by atoms with Gasteiger partial charge in [0, 0.05) is 42.8 Å². The molecule has 0 bridgehead atoms. The molecule has 4 rings (SSSR count). The van der Waals surface area contributed by atoms with Crippen molar-refractivity contribution in [3.63, 3.8) is 0 Å². The van der Waals surface area contributed by atoms with Gasteiger partial charge in [-0.25, -0.2) is 9.18 Å². The van der Waals surface area contributed by atoms with Crippen molar-refractivity contribution in [2.75, 3.05) is 52.0 Å². The molecule has 8 nitrogen and oxygen atoms in total. The Morgan fingerprint density at radius 2 is 1.76 bits per heavy atom. The van der Waals surface area contributed by atoms with E-state index < -0.39 is 25.5 Å². The number of morpholine rings is 1. The lowest BCUT2D eigenvalue weighted by molar-refractivity contribution is 0.0597. The number of carbonyl (C=O) groups is 1. The molecule has 1 aliphatic rings. The topological polar surface area (TPSA) is 79.2 Å². The van der Waals surface area contributed by atoms with E-state index in [1.165, 1.54) is 7.11 Å². The third-order valence-electron chi connectivity index (χ3n) is 9.23. The number of aromatic nitrogens is 1. The van der Waals surface area contributed by atoms with Crippen LogP contribution in [0.5, 0.6) is 5.75 Å². The Kier molecular flexibility index (Phi) is 10.7. The molecule has 1 aromatic heterocycles. The van der Waals surface area contributed by atoms with Crippen LogP contribution in [0.2, 0.25) is 23.2 Å². The van der Waals surface area contributed by atoms with Gasteiger partial charge in [-0.1, -0.05) is 46.2 Å². The summed E-state index contributed by atoms with van der Waals surface area (Å²) in [6.07, 6.45) is 1.69. The van der Waals surface area contributed by atoms with Gasteiger partial charge in [-0.2, -0.15) is 0 Å². The molecule has 0 radical (unpaired) electrons. The van der Waals surface area contributed by atoms with E-state index in [0.717, 1.165) is 5.69 Å². The number of carbonyl (C=O) groups excluding carboxylic acids is 1. The standard InChI is InChI=1S/C34H46ClFN2O6Si/c1-21(2)29(20-44-45(8,9)34(3,4)5)38-19-26(33(40)42-7)32(39)25-16-22(30(41-6)18-28(25)38)14-23-15-24(17-27(35)31(23)36)37-10-12-43-13-11-37/h15-19,21,29H,10-14,20H2,1-9H3/t29-/m1/s1. The zero-order valence-corrected chi connectivity index (χ0v) is 29.6. The number of benzene rings is 2. The second-order valence-electron chi connectivity index (χ2n) is 13.5. The van der Waals surface area contributed by atoms with Gasteiger partial charge in [0.25, 0.3) is 0 Å². The lowest BCUT2D eigenvalue weighted by Gasteiger charge is -2.38. The van der Waals surface area contributed by atoms with E-state index in [4.69, 9.17) is 30.2 Å². The van der Waals surface area contributed by atoms with Crippen LogP contribution in [0.4, 0.5) is 10.1 Å². The molecule has 1 atom stereocenters. The van der Waals surface area contributed by atoms with Crippen LogP contribution in [0.1, 0.15) is 62.1 Å². The van der Waals surface area contributed by atoms with Crippen molar-refractivity contribution >= 4 is 42.5 Å². The van der Waals surface area contributed by atoms with Gasteiger partial charge >= 0.3 is 5.97 Å². The summed E-state index contributed by atoms with van der Waals surface area (Å²) in [6.45, 7) is 18.0. The molecule has 0 amide bonds. The van der Waals surface area contributed by atoms with Crippen LogP contribution in [0.3, 0.4) is 0 Å². The summed E-state index contributed by atoms with van der Waals surface area (Å²) < 4.78 is 40.3. The van der Waals surface area contributed by atoms with E-state index in [1.807, 2.05) is 4.57 Å². The molecule has 2 heterocycles. The molecule has 1 saturated heterocycles. The van der Waals surface area contributed by atoms with E-state index >= 15 is 4.39 Å². The van der Waals surface area contributed by atoms with E-state index in [9.17, 15) is 9.59 Å². The van der Waals surface area contributed by atoms with Crippen LogP contribution in [0.25, 0.3) is 10.9 Å². The summed E-state index contributed by atoms with van der Waals surface area (Å²) in [4.78, 5) is 28.8. The van der Waals surface area contributed by atoms with Crippen molar-refractivity contribution in [3.05, 3.63) is 68.2 Å². The number of pyridine rings is 1. The summed E-state index contributed by atoms with van der Waals surface area (Å²) in [6, 6.07) is 6.69. The highest BCUT2D eigenvalue weighted by Gasteiger charge is 2.38. The number of hydrogen-bond donors (Lipinski definition) is 0. The lowest BCUT2D eigenvalue weighted by Crippen LogP contribution is -2.42. The first-order valence-electron chi connectivity index (χ1n) is 15.4. The van der Waals surface area contributed by atoms with Crippen molar-refractivity contribution in [1.29, 1.82) is 0 Å². The summed E-state index contributed by atoms with van der Waals surface area (Å²) in [5.74, 6) is -0.673. The Labute approximate surface area is 271 Å². The molecule has 0 aliphatic carbocycles. The van der Waals surface area contributed by atoms with Gasteiger partial charge in [-0.05, 0) is 53.4 Å². The molecule has 2 aromatic carbocycles. The van der Waals surface area contributed by atoms with Gasteiger partial charge in [0.15, 0.2) is 8.32 Å². The van der Waals surface area contributed by atoms with Gasteiger partial charge in [-0.3, -0.25) is 4.79 Å². The first kappa shape index (κ1) is 34.9. The molecular weight excluding hydrogens is 615 g/mol. The fourth-order valence-electron chi connectivity index (χ4n) is 5.35. The maximum absolute atomic E-state index is 15.4. The van der Waals surface area contributed by atoms with Crippen LogP contribution < -0.4 is 15.1 Å². The van der Waals surface area contributed by atoms with Crippen molar-refractivity contribution < 1.29 is 27.8 Å². The van der Waals surface area contributed by atoms with Crippen molar-refractivity contribution in [2.24, 2.45) is 5.92 Å². The van der Waals surface area contributed by atoms with E-state index in [2.05, 4.69) is 52.6 Å². The van der Waals surface area contributed by atoms with Crippen molar-refractivity contribution in [3.8, 4) is 5.75 Å². The maximum Gasteiger partial charge on any atom is 0.343 e. The number of esters is 1. The zero-order valence-electron chi connectivity index (χ0n) is 27.9. The number of methoxy groups -OCH3 is 2. The van der Waals surface area contributed by atoms with Crippen LogP contribution in [0, 0.1) is 11.7 Å². The Morgan fingerprint density at radius 1 is 1.09 bits per heavy atom. The molecule has 0 saturated carbocycles. The van der Waals surface area contributed by atoms with Gasteiger partial charge in [0.1, 0.15) is 17.1 Å². The summed E-state index contributed by atoms with van der Waals surface area (Å²) in [5.41, 5.74) is 1.80. The first-order valence-corrected chi connectivity index (χ1v) is 18.7. The highest BCUT2D eigenvalue weighted by Crippen LogP contribution is 2.38. The molecule has 0 unspecified atom stereocenters. The molecule has 0 N–H and O–H groups in total. The second-order valence-corrected chi connectivity index (χ2v) is 18.7. The van der Waals surface area contributed by atoms with Crippen LogP contribution >= 0.6 is 11.6 Å². The number of halogens is 2. The third kappa shape index (κ3) is 7.40. The molecular formula is C34H46ClFN2O6Si. The monoisotopic (exact) mass is 660 g/mol. The van der Waals surface area contributed by atoms with Crippen molar-refractivity contribution in [2.45, 2.75) is 65.2 Å². The number of fused-ring (bicyclic) bond motifs is 1. The van der Waals surface area contributed by atoms with E-state index in [-0.39, 0.29) is 34.0 Å². The molecule has 1 fully saturated rings. The van der Waals surface area contributed by atoms with Crippen LogP contribution in [-0.4, -0.2) is 66.0 Å². The van der Waals surface area contributed by atoms with Crippen LogP contribution in [0.15, 0.2) is 35.3 Å². The summed E-state index contributed by atoms with van der Waals surface area (Å²) in [5, 5.41) is 0.334. The molecule has 45 heavy (non-hydrogen) atoms. The largest absolute Gasteiger partial charge is 0.496 e. The number of nitrogens with zero attached hydrogens (tertiary/aromatic N) is 2. The highest BCUT2D eigenvalue weighted by molar-refractivity contribution is 6.74. The molecule has 0 spiro atoms. The number of rotatable bonds is 10. The van der Waals surface area contributed by atoms with E-state index in [1.54, 1.807) is 37.6 Å². The number of hydrogen-bond acceptors (Lipinski definition) is 7. The maximum atomic E-state index is 15.4. The van der Waals surface area contributed by atoms with Gasteiger partial charge < -0.3 is 28.1 Å². The number of anilines is 1. The lowest BCUT2D eigenvalue weighted by atomic mass is 9.98. The molecule has 11 heteroatoms. The normalized spacial score (nSPS) is 15.1. The van der Waals surface area contributed by atoms with Gasteiger partial charge in [0.2, 0.25) is 5.43 Å². The average molecular weight is 661 g/mol. The smallest absolute Gasteiger partial charge is 0.343 e. The third-order valence-corrected chi connectivity index (χ3v) is 14.0. The first-order chi connectivity index (χ1) is 21.1. The average Bonchev–Trinajstić information content (AvgIpc) is 2.99. The summed E-state index contributed by atoms with van der Waals surface area (Å²) >= 11 is 6.37. The summed E-state index contributed by atoms with van der Waals surface area (Å²) in [7, 11) is 0.687.